The highest BCUT2D eigenvalue weighted by Gasteiger charge is 2.13. The van der Waals surface area contributed by atoms with Gasteiger partial charge in [0.25, 0.3) is 0 Å². The van der Waals surface area contributed by atoms with Gasteiger partial charge in [-0.15, -0.1) is 0 Å². The van der Waals surface area contributed by atoms with Crippen LogP contribution in [0.2, 0.25) is 5.02 Å². The molecule has 1 aromatic carbocycles. The van der Waals surface area contributed by atoms with E-state index >= 15 is 0 Å². The summed E-state index contributed by atoms with van der Waals surface area (Å²) in [4.78, 5) is 4.35. The Bertz CT molecular complexity index is 388. The van der Waals surface area contributed by atoms with Crippen molar-refractivity contribution in [3.63, 3.8) is 0 Å². The Kier molecular flexibility index (Phi) is 3.17. The van der Waals surface area contributed by atoms with Crippen molar-refractivity contribution in [2.45, 2.75) is 13.0 Å². The average Bonchev–Trinajstić information content (AvgIpc) is 2.49. The second-order valence-corrected chi connectivity index (χ2v) is 4.82. The number of aliphatic imine (C=N–C) groups is 1. The highest BCUT2D eigenvalue weighted by molar-refractivity contribution is 8.14. The molecule has 1 unspecified atom stereocenters. The van der Waals surface area contributed by atoms with E-state index in [1.807, 2.05) is 6.92 Å². The molecule has 1 aliphatic heterocycles. The van der Waals surface area contributed by atoms with Crippen LogP contribution in [0.3, 0.4) is 0 Å². The minimum absolute atomic E-state index is 0.321. The molecule has 0 aromatic heterocycles. The first-order chi connectivity index (χ1) is 7.13. The fourth-order valence-electron chi connectivity index (χ4n) is 1.29. The summed E-state index contributed by atoms with van der Waals surface area (Å²) in [6.07, 6.45) is 0. The van der Waals surface area contributed by atoms with Crippen LogP contribution in [-0.4, -0.2) is 17.0 Å². The standard InChI is InChI=1S/C10H10ClFN2S/c1-6-5-15-10(13-6)14-9-3-7(11)2-8(12)4-9/h2-4,6H,5H2,1H3,(H,13,14). The highest BCUT2D eigenvalue weighted by atomic mass is 35.5. The zero-order chi connectivity index (χ0) is 10.8. The molecule has 0 saturated carbocycles. The molecule has 1 atom stereocenters. The molecule has 1 heterocycles. The lowest BCUT2D eigenvalue weighted by Crippen LogP contribution is -2.05. The molecule has 5 heteroatoms. The number of hydrogen-bond acceptors (Lipinski definition) is 3. The zero-order valence-corrected chi connectivity index (χ0v) is 9.70. The molecule has 15 heavy (non-hydrogen) atoms. The van der Waals surface area contributed by atoms with Gasteiger partial charge in [0.15, 0.2) is 5.17 Å². The molecule has 1 aliphatic rings. The first-order valence-electron chi connectivity index (χ1n) is 4.57. The average molecular weight is 245 g/mol. The van der Waals surface area contributed by atoms with Crippen molar-refractivity contribution < 1.29 is 4.39 Å². The van der Waals surface area contributed by atoms with Gasteiger partial charge in [-0.25, -0.2) is 4.39 Å². The lowest BCUT2D eigenvalue weighted by Gasteiger charge is -2.05. The summed E-state index contributed by atoms with van der Waals surface area (Å²) >= 11 is 7.37. The van der Waals surface area contributed by atoms with Crippen LogP contribution in [-0.2, 0) is 0 Å². The third-order valence-electron chi connectivity index (χ3n) is 1.91. The summed E-state index contributed by atoms with van der Waals surface area (Å²) in [7, 11) is 0. The molecule has 80 valence electrons. The monoisotopic (exact) mass is 244 g/mol. The minimum Gasteiger partial charge on any atom is -0.335 e. The first-order valence-corrected chi connectivity index (χ1v) is 5.93. The molecule has 0 amide bonds. The number of nitrogens with one attached hydrogen (secondary N) is 1. The van der Waals surface area contributed by atoms with Crippen LogP contribution in [0.4, 0.5) is 10.1 Å². The number of amidine groups is 1. The molecular weight excluding hydrogens is 235 g/mol. The van der Waals surface area contributed by atoms with Crippen molar-refractivity contribution in [1.82, 2.24) is 0 Å². The van der Waals surface area contributed by atoms with Gasteiger partial charge in [-0.05, 0) is 25.1 Å². The fraction of sp³-hybridized carbons (Fsp3) is 0.300. The third kappa shape index (κ3) is 2.86. The Morgan fingerprint density at radius 1 is 1.53 bits per heavy atom. The van der Waals surface area contributed by atoms with Gasteiger partial charge in [0.05, 0.1) is 6.04 Å². The number of rotatable bonds is 1. The summed E-state index contributed by atoms with van der Waals surface area (Å²) in [6.45, 7) is 2.04. The molecular formula is C10H10ClFN2S. The van der Waals surface area contributed by atoms with Crippen LogP contribution >= 0.6 is 23.4 Å². The molecule has 0 spiro atoms. The number of halogens is 2. The van der Waals surface area contributed by atoms with Crippen LogP contribution in [0, 0.1) is 5.82 Å². The van der Waals surface area contributed by atoms with E-state index in [4.69, 9.17) is 11.6 Å². The Labute approximate surface area is 96.9 Å². The van der Waals surface area contributed by atoms with Crippen molar-refractivity contribution in [3.05, 3.63) is 29.0 Å². The van der Waals surface area contributed by atoms with E-state index in [1.54, 1.807) is 17.8 Å². The second kappa shape index (κ2) is 4.41. The molecule has 0 fully saturated rings. The molecule has 1 N–H and O–H groups in total. The quantitative estimate of drug-likeness (QED) is 0.819. The highest BCUT2D eigenvalue weighted by Crippen LogP contribution is 2.22. The maximum Gasteiger partial charge on any atom is 0.161 e. The van der Waals surface area contributed by atoms with Crippen LogP contribution in [0.5, 0.6) is 0 Å². The Morgan fingerprint density at radius 2 is 2.33 bits per heavy atom. The van der Waals surface area contributed by atoms with Gasteiger partial charge >= 0.3 is 0 Å². The SMILES string of the molecule is CC1CSC(Nc2cc(F)cc(Cl)c2)=N1. The van der Waals surface area contributed by atoms with Crippen molar-refractivity contribution in [2.24, 2.45) is 4.99 Å². The normalized spacial score (nSPS) is 20.2. The largest absolute Gasteiger partial charge is 0.335 e. The summed E-state index contributed by atoms with van der Waals surface area (Å²) in [5.74, 6) is 0.618. The Morgan fingerprint density at radius 3 is 2.93 bits per heavy atom. The Balaban J connectivity index is 2.14. The van der Waals surface area contributed by atoms with Gasteiger partial charge < -0.3 is 5.32 Å². The van der Waals surface area contributed by atoms with Crippen molar-refractivity contribution >= 4 is 34.2 Å². The van der Waals surface area contributed by atoms with E-state index in [-0.39, 0.29) is 5.82 Å². The van der Waals surface area contributed by atoms with Crippen LogP contribution in [0.15, 0.2) is 23.2 Å². The van der Waals surface area contributed by atoms with E-state index in [0.717, 1.165) is 10.9 Å². The zero-order valence-electron chi connectivity index (χ0n) is 8.13. The van der Waals surface area contributed by atoms with Gasteiger partial charge in [0.2, 0.25) is 0 Å². The Hall–Kier alpha value is -0.740. The van der Waals surface area contributed by atoms with E-state index in [9.17, 15) is 4.39 Å². The molecule has 0 bridgehead atoms. The maximum atomic E-state index is 13.0. The number of benzene rings is 1. The summed E-state index contributed by atoms with van der Waals surface area (Å²) < 4.78 is 13.0. The van der Waals surface area contributed by atoms with E-state index in [0.29, 0.717) is 16.8 Å². The van der Waals surface area contributed by atoms with Crippen LogP contribution in [0.25, 0.3) is 0 Å². The van der Waals surface area contributed by atoms with Gasteiger partial charge in [0, 0.05) is 16.5 Å². The first kappa shape index (κ1) is 10.8. The fourth-order valence-corrected chi connectivity index (χ4v) is 2.43. The topological polar surface area (TPSA) is 24.4 Å². The molecule has 0 aliphatic carbocycles. The van der Waals surface area contributed by atoms with Crippen LogP contribution < -0.4 is 5.32 Å². The number of thioether (sulfide) groups is 1. The molecule has 1 aromatic rings. The third-order valence-corrected chi connectivity index (χ3v) is 3.26. The van der Waals surface area contributed by atoms with Crippen molar-refractivity contribution in [2.75, 3.05) is 11.1 Å². The molecule has 2 nitrogen and oxygen atoms in total. The maximum absolute atomic E-state index is 13.0. The minimum atomic E-state index is -0.346. The van der Waals surface area contributed by atoms with Gasteiger partial charge in [-0.2, -0.15) is 0 Å². The van der Waals surface area contributed by atoms with Crippen molar-refractivity contribution in [1.29, 1.82) is 0 Å². The molecule has 2 rings (SSSR count). The van der Waals surface area contributed by atoms with E-state index in [2.05, 4.69) is 10.3 Å². The molecule has 0 radical (unpaired) electrons. The number of anilines is 1. The lowest BCUT2D eigenvalue weighted by molar-refractivity contribution is 0.628. The van der Waals surface area contributed by atoms with Gasteiger partial charge in [0.1, 0.15) is 5.82 Å². The van der Waals surface area contributed by atoms with E-state index in [1.165, 1.54) is 12.1 Å². The summed E-state index contributed by atoms with van der Waals surface area (Å²) in [6, 6.07) is 4.68. The second-order valence-electron chi connectivity index (χ2n) is 3.38. The van der Waals surface area contributed by atoms with Crippen LogP contribution in [0.1, 0.15) is 6.92 Å². The van der Waals surface area contributed by atoms with E-state index < -0.39 is 0 Å². The summed E-state index contributed by atoms with van der Waals surface area (Å²) in [5, 5.41) is 4.25. The smallest absolute Gasteiger partial charge is 0.161 e. The lowest BCUT2D eigenvalue weighted by atomic mass is 10.3. The van der Waals surface area contributed by atoms with Crippen molar-refractivity contribution in [3.8, 4) is 0 Å². The number of hydrogen-bond donors (Lipinski definition) is 1. The number of nitrogens with zero attached hydrogens (tertiary/aromatic N) is 1. The predicted molar refractivity (Wildman–Crippen MR) is 64.4 cm³/mol. The summed E-state index contributed by atoms with van der Waals surface area (Å²) in [5.41, 5.74) is 0.639. The predicted octanol–water partition coefficient (Wildman–Crippen LogP) is 3.38. The molecule has 0 saturated heterocycles. The van der Waals surface area contributed by atoms with Gasteiger partial charge in [-0.1, -0.05) is 23.4 Å². The van der Waals surface area contributed by atoms with Gasteiger partial charge in [-0.3, -0.25) is 4.99 Å².